The van der Waals surface area contributed by atoms with E-state index in [0.29, 0.717) is 5.92 Å². The average molecular weight is 159 g/mol. The number of rotatable bonds is 5. The van der Waals surface area contributed by atoms with E-state index in [1.54, 1.807) is 0 Å². The Hall–Kier alpha value is -0.0800. The molecule has 0 bridgehead atoms. The second kappa shape index (κ2) is 5.56. The molecule has 0 aromatic heterocycles. The van der Waals surface area contributed by atoms with Crippen LogP contribution in [0.15, 0.2) is 0 Å². The topological polar surface area (TPSA) is 46.2 Å². The number of aliphatic hydroxyl groups is 1. The highest BCUT2D eigenvalue weighted by molar-refractivity contribution is 4.72. The second-order valence-electron chi connectivity index (χ2n) is 3.65. The van der Waals surface area contributed by atoms with Gasteiger partial charge in [0.15, 0.2) is 0 Å². The van der Waals surface area contributed by atoms with E-state index in [2.05, 4.69) is 20.8 Å². The molecule has 0 saturated heterocycles. The molecule has 11 heavy (non-hydrogen) atoms. The predicted molar refractivity (Wildman–Crippen MR) is 48.3 cm³/mol. The summed E-state index contributed by atoms with van der Waals surface area (Å²) in [6.45, 7) is 6.31. The van der Waals surface area contributed by atoms with Gasteiger partial charge in [0.2, 0.25) is 0 Å². The van der Waals surface area contributed by atoms with Gasteiger partial charge in [-0.05, 0) is 18.8 Å². The van der Waals surface area contributed by atoms with Crippen molar-refractivity contribution in [2.24, 2.45) is 11.7 Å². The van der Waals surface area contributed by atoms with Gasteiger partial charge in [0.05, 0.1) is 6.10 Å². The molecule has 0 aliphatic heterocycles. The molecule has 0 aromatic carbocycles. The first-order chi connectivity index (χ1) is 5.07. The van der Waals surface area contributed by atoms with Gasteiger partial charge in [-0.2, -0.15) is 0 Å². The van der Waals surface area contributed by atoms with Gasteiger partial charge in [0.1, 0.15) is 0 Å². The van der Waals surface area contributed by atoms with Crippen LogP contribution < -0.4 is 5.73 Å². The molecule has 0 rings (SSSR count). The summed E-state index contributed by atoms with van der Waals surface area (Å²) in [5, 5.41) is 9.44. The summed E-state index contributed by atoms with van der Waals surface area (Å²) in [6, 6.07) is -0.0325. The molecule has 0 aromatic rings. The molecule has 0 spiro atoms. The van der Waals surface area contributed by atoms with E-state index in [0.717, 1.165) is 19.3 Å². The predicted octanol–water partition coefficient (Wildman–Crippen LogP) is 1.52. The van der Waals surface area contributed by atoms with Crippen molar-refractivity contribution in [2.75, 3.05) is 0 Å². The lowest BCUT2D eigenvalue weighted by Crippen LogP contribution is -2.35. The Morgan fingerprint density at radius 2 is 1.91 bits per heavy atom. The maximum Gasteiger partial charge on any atom is 0.0691 e. The van der Waals surface area contributed by atoms with Crippen LogP contribution in [0.1, 0.15) is 40.0 Å². The fourth-order valence-electron chi connectivity index (χ4n) is 1.21. The summed E-state index contributed by atoms with van der Waals surface area (Å²) >= 11 is 0. The van der Waals surface area contributed by atoms with Gasteiger partial charge in [-0.25, -0.2) is 0 Å². The van der Waals surface area contributed by atoms with E-state index >= 15 is 0 Å². The smallest absolute Gasteiger partial charge is 0.0691 e. The van der Waals surface area contributed by atoms with E-state index in [1.165, 1.54) is 0 Å². The van der Waals surface area contributed by atoms with Crippen molar-refractivity contribution in [3.63, 3.8) is 0 Å². The lowest BCUT2D eigenvalue weighted by atomic mass is 9.98. The zero-order chi connectivity index (χ0) is 8.85. The maximum absolute atomic E-state index is 9.44. The van der Waals surface area contributed by atoms with Crippen molar-refractivity contribution in [1.29, 1.82) is 0 Å². The Labute approximate surface area is 69.8 Å². The van der Waals surface area contributed by atoms with E-state index in [-0.39, 0.29) is 12.1 Å². The fourth-order valence-corrected chi connectivity index (χ4v) is 1.21. The van der Waals surface area contributed by atoms with Crippen LogP contribution in [0.2, 0.25) is 0 Å². The van der Waals surface area contributed by atoms with Crippen LogP contribution in [-0.2, 0) is 0 Å². The zero-order valence-corrected chi connectivity index (χ0v) is 7.88. The quantitative estimate of drug-likeness (QED) is 0.639. The first kappa shape index (κ1) is 10.9. The van der Waals surface area contributed by atoms with Gasteiger partial charge in [-0.15, -0.1) is 0 Å². The van der Waals surface area contributed by atoms with Gasteiger partial charge in [-0.3, -0.25) is 0 Å². The molecule has 0 fully saturated rings. The molecule has 0 heterocycles. The Morgan fingerprint density at radius 1 is 1.36 bits per heavy atom. The van der Waals surface area contributed by atoms with Crippen LogP contribution in [0, 0.1) is 5.92 Å². The Bertz CT molecular complexity index is 93.6. The van der Waals surface area contributed by atoms with Crippen molar-refractivity contribution in [2.45, 2.75) is 52.2 Å². The van der Waals surface area contributed by atoms with Crippen molar-refractivity contribution in [3.05, 3.63) is 0 Å². The molecule has 0 aliphatic carbocycles. The minimum absolute atomic E-state index is 0.0325. The molecular formula is C9H21NO. The SMILES string of the molecule is CCCC(O)[C@@H](N)CC(C)C. The van der Waals surface area contributed by atoms with Crippen molar-refractivity contribution >= 4 is 0 Å². The lowest BCUT2D eigenvalue weighted by molar-refractivity contribution is 0.124. The minimum Gasteiger partial charge on any atom is -0.392 e. The fraction of sp³-hybridized carbons (Fsp3) is 1.00. The summed E-state index contributed by atoms with van der Waals surface area (Å²) < 4.78 is 0. The van der Waals surface area contributed by atoms with Crippen molar-refractivity contribution in [3.8, 4) is 0 Å². The zero-order valence-electron chi connectivity index (χ0n) is 7.88. The maximum atomic E-state index is 9.44. The Kier molecular flexibility index (Phi) is 5.51. The lowest BCUT2D eigenvalue weighted by Gasteiger charge is -2.19. The molecule has 0 aliphatic rings. The monoisotopic (exact) mass is 159 g/mol. The van der Waals surface area contributed by atoms with Gasteiger partial charge in [0.25, 0.3) is 0 Å². The van der Waals surface area contributed by atoms with E-state index in [1.807, 2.05) is 0 Å². The molecule has 0 saturated carbocycles. The number of hydrogen-bond acceptors (Lipinski definition) is 2. The van der Waals surface area contributed by atoms with Gasteiger partial charge in [-0.1, -0.05) is 27.2 Å². The second-order valence-corrected chi connectivity index (χ2v) is 3.65. The third-order valence-electron chi connectivity index (χ3n) is 1.82. The molecule has 68 valence electrons. The van der Waals surface area contributed by atoms with Crippen LogP contribution in [0.4, 0.5) is 0 Å². The molecule has 2 nitrogen and oxygen atoms in total. The molecule has 2 atom stereocenters. The molecule has 2 heteroatoms. The summed E-state index contributed by atoms with van der Waals surface area (Å²) in [5.41, 5.74) is 5.75. The molecular weight excluding hydrogens is 138 g/mol. The third kappa shape index (κ3) is 5.22. The summed E-state index contributed by atoms with van der Waals surface area (Å²) in [7, 11) is 0. The van der Waals surface area contributed by atoms with Crippen molar-refractivity contribution < 1.29 is 5.11 Å². The summed E-state index contributed by atoms with van der Waals surface area (Å²) in [4.78, 5) is 0. The van der Waals surface area contributed by atoms with E-state index in [9.17, 15) is 5.11 Å². The molecule has 0 amide bonds. The largest absolute Gasteiger partial charge is 0.392 e. The number of hydrogen-bond donors (Lipinski definition) is 2. The van der Waals surface area contributed by atoms with Gasteiger partial charge >= 0.3 is 0 Å². The van der Waals surface area contributed by atoms with Crippen LogP contribution in [0.3, 0.4) is 0 Å². The number of aliphatic hydroxyl groups excluding tert-OH is 1. The molecule has 3 N–H and O–H groups in total. The highest BCUT2D eigenvalue weighted by Crippen LogP contribution is 2.09. The normalized spacial score (nSPS) is 16.9. The summed E-state index contributed by atoms with van der Waals surface area (Å²) in [5.74, 6) is 0.580. The van der Waals surface area contributed by atoms with E-state index in [4.69, 9.17) is 5.73 Å². The third-order valence-corrected chi connectivity index (χ3v) is 1.82. The Morgan fingerprint density at radius 3 is 2.27 bits per heavy atom. The van der Waals surface area contributed by atoms with Gasteiger partial charge in [0, 0.05) is 6.04 Å². The molecule has 0 radical (unpaired) electrons. The van der Waals surface area contributed by atoms with Crippen LogP contribution in [0.5, 0.6) is 0 Å². The average Bonchev–Trinajstić information content (AvgIpc) is 1.86. The van der Waals surface area contributed by atoms with Crippen LogP contribution in [0.25, 0.3) is 0 Å². The Balaban J connectivity index is 3.54. The first-order valence-corrected chi connectivity index (χ1v) is 4.51. The van der Waals surface area contributed by atoms with Crippen LogP contribution >= 0.6 is 0 Å². The van der Waals surface area contributed by atoms with Crippen molar-refractivity contribution in [1.82, 2.24) is 0 Å². The van der Waals surface area contributed by atoms with E-state index < -0.39 is 0 Å². The highest BCUT2D eigenvalue weighted by Gasteiger charge is 2.14. The van der Waals surface area contributed by atoms with Crippen LogP contribution in [-0.4, -0.2) is 17.3 Å². The standard InChI is InChI=1S/C9H21NO/c1-4-5-9(11)8(10)6-7(2)3/h7-9,11H,4-6,10H2,1-3H3/t8-,9?/m0/s1. The highest BCUT2D eigenvalue weighted by atomic mass is 16.3. The summed E-state index contributed by atoms with van der Waals surface area (Å²) in [6.07, 6.45) is 2.45. The number of nitrogens with two attached hydrogens (primary N) is 1. The minimum atomic E-state index is -0.303. The first-order valence-electron chi connectivity index (χ1n) is 4.51. The van der Waals surface area contributed by atoms with Gasteiger partial charge < -0.3 is 10.8 Å². The molecule has 1 unspecified atom stereocenters.